The van der Waals surface area contributed by atoms with E-state index in [1.54, 1.807) is 0 Å². The van der Waals surface area contributed by atoms with Gasteiger partial charge < -0.3 is 4.74 Å². The van der Waals surface area contributed by atoms with Crippen LogP contribution in [0.15, 0.2) is 53.6 Å². The minimum atomic E-state index is 0.00966. The lowest BCUT2D eigenvalue weighted by Crippen LogP contribution is -2.37. The maximum absolute atomic E-state index is 12.5. The number of ether oxygens (including phenoxy) is 1. The van der Waals surface area contributed by atoms with Crippen LogP contribution < -0.4 is 9.75 Å². The van der Waals surface area contributed by atoms with Crippen LogP contribution in [0.5, 0.6) is 5.75 Å². The molecule has 0 aromatic heterocycles. The smallest absolute Gasteiger partial charge is 0.248 e. The molecule has 0 saturated carbocycles. The highest BCUT2D eigenvalue weighted by Crippen LogP contribution is 2.35. The molecule has 116 valence electrons. The lowest BCUT2D eigenvalue weighted by atomic mass is 9.90. The molecule has 2 aromatic rings. The number of halogens is 1. The third kappa shape index (κ3) is 2.59. The van der Waals surface area contributed by atoms with E-state index in [0.717, 1.165) is 29.1 Å². The first-order valence-electron chi connectivity index (χ1n) is 7.61. The number of fused-ring (bicyclic) bond motifs is 3. The van der Waals surface area contributed by atoms with Gasteiger partial charge in [0.25, 0.3) is 0 Å². The third-order valence-electron chi connectivity index (χ3n) is 4.19. The Hall–Kier alpha value is -2.33. The third-order valence-corrected chi connectivity index (χ3v) is 4.43. The van der Waals surface area contributed by atoms with E-state index < -0.39 is 0 Å². The number of hydrogen-bond acceptors (Lipinski definition) is 3. The molecule has 2 heterocycles. The van der Waals surface area contributed by atoms with Crippen molar-refractivity contribution in [2.75, 3.05) is 11.6 Å². The predicted octanol–water partition coefficient (Wildman–Crippen LogP) is 3.88. The van der Waals surface area contributed by atoms with E-state index in [2.05, 4.69) is 5.10 Å². The van der Waals surface area contributed by atoms with E-state index in [4.69, 9.17) is 16.3 Å². The second kappa shape index (κ2) is 5.70. The van der Waals surface area contributed by atoms with Gasteiger partial charge in [0, 0.05) is 22.9 Å². The summed E-state index contributed by atoms with van der Waals surface area (Å²) in [5.74, 6) is 0.857. The average Bonchev–Trinajstić information content (AvgIpc) is 2.73. The number of anilines is 1. The van der Waals surface area contributed by atoms with E-state index in [1.165, 1.54) is 5.01 Å². The highest BCUT2D eigenvalue weighted by Gasteiger charge is 2.34. The lowest BCUT2D eigenvalue weighted by molar-refractivity contribution is -0.119. The number of carbonyl (C=O) groups excluding carboxylic acids is 1. The molecule has 2 aliphatic heterocycles. The molecule has 1 atom stereocenters. The summed E-state index contributed by atoms with van der Waals surface area (Å²) in [5, 5.41) is 6.79. The second-order valence-electron chi connectivity index (χ2n) is 5.70. The standard InChI is InChI=1S/C18H15ClN2O2/c19-13-6-7-16-15(11-13)18-12(8-9-23-16)10-17(22)21(20-18)14-4-2-1-3-5-14/h1-7,11-12H,8-10H2. The molecule has 4 rings (SSSR count). The molecule has 23 heavy (non-hydrogen) atoms. The molecule has 0 N–H and O–H groups in total. The molecule has 2 aliphatic rings. The molecule has 1 amide bonds. The number of rotatable bonds is 1. The van der Waals surface area contributed by atoms with Crippen LogP contribution in [-0.4, -0.2) is 18.2 Å². The summed E-state index contributed by atoms with van der Waals surface area (Å²) in [5.41, 5.74) is 2.54. The van der Waals surface area contributed by atoms with E-state index in [-0.39, 0.29) is 11.8 Å². The zero-order valence-corrected chi connectivity index (χ0v) is 13.2. The summed E-state index contributed by atoms with van der Waals surface area (Å²) < 4.78 is 5.80. The number of benzene rings is 2. The Morgan fingerprint density at radius 1 is 1.17 bits per heavy atom. The topological polar surface area (TPSA) is 41.9 Å². The molecule has 2 aromatic carbocycles. The molecule has 0 saturated heterocycles. The predicted molar refractivity (Wildman–Crippen MR) is 90.1 cm³/mol. The van der Waals surface area contributed by atoms with Crippen molar-refractivity contribution in [3.05, 3.63) is 59.1 Å². The van der Waals surface area contributed by atoms with Crippen LogP contribution in [0.3, 0.4) is 0 Å². The van der Waals surface area contributed by atoms with Crippen molar-refractivity contribution in [1.82, 2.24) is 0 Å². The van der Waals surface area contributed by atoms with Gasteiger partial charge >= 0.3 is 0 Å². The van der Waals surface area contributed by atoms with Crippen LogP contribution in [0.1, 0.15) is 18.4 Å². The monoisotopic (exact) mass is 326 g/mol. The van der Waals surface area contributed by atoms with Gasteiger partial charge in [-0.2, -0.15) is 5.10 Å². The van der Waals surface area contributed by atoms with Gasteiger partial charge in [0.15, 0.2) is 0 Å². The van der Waals surface area contributed by atoms with Crippen molar-refractivity contribution >= 4 is 28.9 Å². The minimum Gasteiger partial charge on any atom is -0.493 e. The van der Waals surface area contributed by atoms with Crippen molar-refractivity contribution in [2.45, 2.75) is 12.8 Å². The molecule has 0 spiro atoms. The van der Waals surface area contributed by atoms with Crippen LogP contribution in [0.2, 0.25) is 5.02 Å². The van der Waals surface area contributed by atoms with Crippen LogP contribution in [-0.2, 0) is 4.79 Å². The number of hydrazone groups is 1. The van der Waals surface area contributed by atoms with Gasteiger partial charge in [0.2, 0.25) is 5.91 Å². The van der Waals surface area contributed by atoms with E-state index in [0.29, 0.717) is 18.1 Å². The zero-order valence-electron chi connectivity index (χ0n) is 12.4. The minimum absolute atomic E-state index is 0.00966. The molecule has 0 bridgehead atoms. The quantitative estimate of drug-likeness (QED) is 0.798. The van der Waals surface area contributed by atoms with Gasteiger partial charge in [0.05, 0.1) is 18.0 Å². The number of carbonyl (C=O) groups is 1. The summed E-state index contributed by atoms with van der Waals surface area (Å²) in [6.07, 6.45) is 1.21. The fraction of sp³-hybridized carbons (Fsp3) is 0.222. The Bertz CT molecular complexity index is 789. The van der Waals surface area contributed by atoms with Crippen molar-refractivity contribution < 1.29 is 9.53 Å². The first kappa shape index (κ1) is 14.3. The van der Waals surface area contributed by atoms with E-state index in [1.807, 2.05) is 48.5 Å². The fourth-order valence-electron chi connectivity index (χ4n) is 3.06. The highest BCUT2D eigenvalue weighted by atomic mass is 35.5. The maximum atomic E-state index is 12.5. The van der Waals surface area contributed by atoms with E-state index >= 15 is 0 Å². The van der Waals surface area contributed by atoms with Crippen molar-refractivity contribution in [3.63, 3.8) is 0 Å². The van der Waals surface area contributed by atoms with Crippen molar-refractivity contribution in [3.8, 4) is 5.75 Å². The zero-order chi connectivity index (χ0) is 15.8. The summed E-state index contributed by atoms with van der Waals surface area (Å²) >= 11 is 6.15. The molecule has 5 heteroatoms. The van der Waals surface area contributed by atoms with Gasteiger partial charge in [-0.1, -0.05) is 29.8 Å². The second-order valence-corrected chi connectivity index (χ2v) is 6.14. The molecular weight excluding hydrogens is 312 g/mol. The lowest BCUT2D eigenvalue weighted by Gasteiger charge is -2.28. The largest absolute Gasteiger partial charge is 0.493 e. The van der Waals surface area contributed by atoms with Gasteiger partial charge in [0.1, 0.15) is 5.75 Å². The molecule has 0 radical (unpaired) electrons. The van der Waals surface area contributed by atoms with Gasteiger partial charge in [-0.05, 0) is 36.8 Å². The Morgan fingerprint density at radius 2 is 2.00 bits per heavy atom. The first-order chi connectivity index (χ1) is 11.2. The highest BCUT2D eigenvalue weighted by molar-refractivity contribution is 6.31. The normalized spacial score (nSPS) is 20.0. The number of hydrogen-bond donors (Lipinski definition) is 0. The fourth-order valence-corrected chi connectivity index (χ4v) is 3.23. The van der Waals surface area contributed by atoms with Crippen LogP contribution in [0.4, 0.5) is 5.69 Å². The SMILES string of the molecule is O=C1CC2CCOc3ccc(Cl)cc3C2=NN1c1ccccc1. The van der Waals surface area contributed by atoms with Gasteiger partial charge in [-0.3, -0.25) is 4.79 Å². The van der Waals surface area contributed by atoms with Crippen LogP contribution in [0.25, 0.3) is 0 Å². The maximum Gasteiger partial charge on any atom is 0.248 e. The van der Waals surface area contributed by atoms with Crippen molar-refractivity contribution in [1.29, 1.82) is 0 Å². The molecule has 0 aliphatic carbocycles. The number of amides is 1. The van der Waals surface area contributed by atoms with Gasteiger partial charge in [-0.15, -0.1) is 0 Å². The Kier molecular flexibility index (Phi) is 3.54. The average molecular weight is 327 g/mol. The molecule has 0 fully saturated rings. The summed E-state index contributed by atoms with van der Waals surface area (Å²) in [6.45, 7) is 0.580. The van der Waals surface area contributed by atoms with E-state index in [9.17, 15) is 4.79 Å². The Morgan fingerprint density at radius 3 is 2.83 bits per heavy atom. The molecular formula is C18H15ClN2O2. The Labute approximate surface area is 139 Å². The Balaban J connectivity index is 1.84. The number of para-hydroxylation sites is 1. The molecule has 4 nitrogen and oxygen atoms in total. The number of nitrogens with zero attached hydrogens (tertiary/aromatic N) is 2. The summed E-state index contributed by atoms with van der Waals surface area (Å²) in [4.78, 5) is 12.5. The first-order valence-corrected chi connectivity index (χ1v) is 7.99. The van der Waals surface area contributed by atoms with Crippen molar-refractivity contribution in [2.24, 2.45) is 11.0 Å². The van der Waals surface area contributed by atoms with Crippen LogP contribution in [0, 0.1) is 5.92 Å². The van der Waals surface area contributed by atoms with Gasteiger partial charge in [-0.25, -0.2) is 5.01 Å². The summed E-state index contributed by atoms with van der Waals surface area (Å²) in [7, 11) is 0. The summed E-state index contributed by atoms with van der Waals surface area (Å²) in [6, 6.07) is 15.0. The van der Waals surface area contributed by atoms with Crippen LogP contribution >= 0.6 is 11.6 Å². The molecule has 1 unspecified atom stereocenters.